The van der Waals surface area contributed by atoms with Gasteiger partial charge in [0.25, 0.3) is 0 Å². The predicted molar refractivity (Wildman–Crippen MR) is 149 cm³/mol. The van der Waals surface area contributed by atoms with Crippen molar-refractivity contribution in [2.75, 3.05) is 17.3 Å². The summed E-state index contributed by atoms with van der Waals surface area (Å²) in [5.41, 5.74) is 4.02. The van der Waals surface area contributed by atoms with Crippen molar-refractivity contribution in [3.63, 3.8) is 0 Å². The van der Waals surface area contributed by atoms with Crippen LogP contribution in [-0.2, 0) is 4.79 Å². The van der Waals surface area contributed by atoms with Crippen molar-refractivity contribution in [3.8, 4) is 17.1 Å². The molecule has 0 unspecified atom stereocenters. The standard InChI is InChI=1S/C28H25ClN4O3S/c1-16-7-8-18(14-20(16)29)23-11-12-25(36-23)27-26(21-6-4-5-13-30-21)32-28(37)33(27)19-9-10-24(35-3)22(15-19)31-17(2)34/h4-15,26-27H,1-3H3,(H,31,34)(H,32,37)/t26-,27-/m1/s1. The third-order valence-corrected chi connectivity index (χ3v) is 6.97. The number of carbonyl (C=O) groups excluding carboxylic acids is 1. The van der Waals surface area contributed by atoms with E-state index < -0.39 is 0 Å². The van der Waals surface area contributed by atoms with Gasteiger partial charge in [0.2, 0.25) is 5.91 Å². The van der Waals surface area contributed by atoms with Gasteiger partial charge < -0.3 is 24.7 Å². The predicted octanol–water partition coefficient (Wildman–Crippen LogP) is 6.45. The summed E-state index contributed by atoms with van der Waals surface area (Å²) in [6.07, 6.45) is 1.75. The number of carbonyl (C=O) groups is 1. The minimum atomic E-state index is -0.351. The molecule has 0 radical (unpaired) electrons. The number of amides is 1. The Kier molecular flexibility index (Phi) is 6.86. The van der Waals surface area contributed by atoms with E-state index in [-0.39, 0.29) is 18.0 Å². The Hall–Kier alpha value is -3.88. The highest BCUT2D eigenvalue weighted by Crippen LogP contribution is 2.44. The number of aromatic nitrogens is 1. The number of furan rings is 1. The monoisotopic (exact) mass is 532 g/mol. The van der Waals surface area contributed by atoms with Crippen molar-refractivity contribution in [1.29, 1.82) is 0 Å². The van der Waals surface area contributed by atoms with Crippen LogP contribution in [0.4, 0.5) is 11.4 Å². The van der Waals surface area contributed by atoms with Crippen LogP contribution >= 0.6 is 23.8 Å². The van der Waals surface area contributed by atoms with Gasteiger partial charge in [-0.05, 0) is 73.2 Å². The van der Waals surface area contributed by atoms with E-state index in [4.69, 9.17) is 33.0 Å². The zero-order chi connectivity index (χ0) is 26.1. The van der Waals surface area contributed by atoms with Gasteiger partial charge in [-0.3, -0.25) is 9.78 Å². The number of pyridine rings is 1. The number of aryl methyl sites for hydroxylation is 1. The van der Waals surface area contributed by atoms with Crippen molar-refractivity contribution >= 4 is 46.2 Å². The number of methoxy groups -OCH3 is 1. The molecule has 2 atom stereocenters. The Morgan fingerprint density at radius 1 is 1.16 bits per heavy atom. The van der Waals surface area contributed by atoms with Crippen LogP contribution in [0.2, 0.25) is 5.02 Å². The molecule has 0 aliphatic carbocycles. The van der Waals surface area contributed by atoms with Crippen LogP contribution in [0.1, 0.15) is 36.0 Å². The molecular weight excluding hydrogens is 508 g/mol. The molecule has 2 aromatic carbocycles. The van der Waals surface area contributed by atoms with Gasteiger partial charge in [-0.1, -0.05) is 29.8 Å². The second-order valence-electron chi connectivity index (χ2n) is 8.73. The maximum Gasteiger partial charge on any atom is 0.221 e. The highest BCUT2D eigenvalue weighted by Gasteiger charge is 2.42. The normalized spacial score (nSPS) is 17.0. The Bertz CT molecular complexity index is 1470. The smallest absolute Gasteiger partial charge is 0.221 e. The van der Waals surface area contributed by atoms with Crippen molar-refractivity contribution in [3.05, 3.63) is 95.0 Å². The molecule has 7 nitrogen and oxygen atoms in total. The number of halogens is 1. The number of rotatable bonds is 6. The second kappa shape index (κ2) is 10.2. The largest absolute Gasteiger partial charge is 0.495 e. The van der Waals surface area contributed by atoms with Crippen LogP contribution in [0.3, 0.4) is 0 Å². The molecular formula is C28H25ClN4O3S. The van der Waals surface area contributed by atoms with Crippen LogP contribution < -0.4 is 20.3 Å². The summed E-state index contributed by atoms with van der Waals surface area (Å²) in [5.74, 6) is 1.74. The van der Waals surface area contributed by atoms with E-state index in [9.17, 15) is 4.79 Å². The topological polar surface area (TPSA) is 79.6 Å². The first-order chi connectivity index (χ1) is 17.9. The lowest BCUT2D eigenvalue weighted by Gasteiger charge is -2.27. The van der Waals surface area contributed by atoms with Crippen LogP contribution in [0, 0.1) is 6.92 Å². The molecule has 1 fully saturated rings. The molecule has 0 saturated carbocycles. The highest BCUT2D eigenvalue weighted by atomic mass is 35.5. The van der Waals surface area contributed by atoms with E-state index >= 15 is 0 Å². The SMILES string of the molecule is COc1ccc(N2C(=S)N[C@H](c3ccccn3)[C@H]2c2ccc(-c3ccc(C)c(Cl)c3)o2)cc1NC(C)=O. The number of benzene rings is 2. The summed E-state index contributed by atoms with van der Waals surface area (Å²) in [4.78, 5) is 18.4. The maximum atomic E-state index is 11.8. The van der Waals surface area contributed by atoms with Gasteiger partial charge in [-0.15, -0.1) is 0 Å². The Balaban J connectivity index is 1.60. The molecule has 37 heavy (non-hydrogen) atoms. The quantitative estimate of drug-likeness (QED) is 0.276. The summed E-state index contributed by atoms with van der Waals surface area (Å²) >= 11 is 12.2. The van der Waals surface area contributed by atoms with E-state index in [1.54, 1.807) is 19.4 Å². The summed E-state index contributed by atoms with van der Waals surface area (Å²) in [7, 11) is 1.56. The molecule has 5 rings (SSSR count). The molecule has 4 aromatic rings. The summed E-state index contributed by atoms with van der Waals surface area (Å²) in [6, 6.07) is 20.4. The molecule has 1 aliphatic heterocycles. The van der Waals surface area contributed by atoms with Gasteiger partial charge in [-0.25, -0.2) is 0 Å². The first kappa shape index (κ1) is 24.8. The number of thiocarbonyl (C=S) groups is 1. The Labute approximate surface area is 225 Å². The van der Waals surface area contributed by atoms with E-state index in [0.29, 0.717) is 33.1 Å². The molecule has 0 spiro atoms. The lowest BCUT2D eigenvalue weighted by atomic mass is 10.0. The average Bonchev–Trinajstić information content (AvgIpc) is 3.50. The molecule has 2 N–H and O–H groups in total. The molecule has 0 bridgehead atoms. The lowest BCUT2D eigenvalue weighted by molar-refractivity contribution is -0.114. The van der Waals surface area contributed by atoms with E-state index in [2.05, 4.69) is 15.6 Å². The van der Waals surface area contributed by atoms with Crippen LogP contribution in [0.5, 0.6) is 5.75 Å². The number of hydrogen-bond acceptors (Lipinski definition) is 5. The van der Waals surface area contributed by atoms with Crippen LogP contribution in [-0.4, -0.2) is 23.1 Å². The first-order valence-electron chi connectivity index (χ1n) is 11.7. The lowest BCUT2D eigenvalue weighted by Crippen LogP contribution is -2.29. The van der Waals surface area contributed by atoms with Crippen molar-refractivity contribution in [1.82, 2.24) is 10.3 Å². The van der Waals surface area contributed by atoms with Crippen LogP contribution in [0.25, 0.3) is 11.3 Å². The summed E-state index contributed by atoms with van der Waals surface area (Å²) < 4.78 is 11.9. The average molecular weight is 533 g/mol. The van der Waals surface area contributed by atoms with Crippen LogP contribution in [0.15, 0.2) is 77.3 Å². The fourth-order valence-electron chi connectivity index (χ4n) is 4.47. The molecule has 3 heterocycles. The molecule has 1 saturated heterocycles. The zero-order valence-electron chi connectivity index (χ0n) is 20.5. The zero-order valence-corrected chi connectivity index (χ0v) is 22.1. The number of ether oxygens (including phenoxy) is 1. The van der Waals surface area contributed by atoms with E-state index in [1.165, 1.54) is 6.92 Å². The number of nitrogens with zero attached hydrogens (tertiary/aromatic N) is 2. The van der Waals surface area contributed by atoms with E-state index in [0.717, 1.165) is 22.5 Å². The Morgan fingerprint density at radius 3 is 2.70 bits per heavy atom. The van der Waals surface area contributed by atoms with Gasteiger partial charge in [0.1, 0.15) is 23.3 Å². The van der Waals surface area contributed by atoms with Gasteiger partial charge in [0, 0.05) is 29.4 Å². The molecule has 1 amide bonds. The molecule has 2 aromatic heterocycles. The Morgan fingerprint density at radius 2 is 2.00 bits per heavy atom. The van der Waals surface area contributed by atoms with Gasteiger partial charge in [-0.2, -0.15) is 0 Å². The summed E-state index contributed by atoms with van der Waals surface area (Å²) in [6.45, 7) is 3.42. The minimum Gasteiger partial charge on any atom is -0.495 e. The van der Waals surface area contributed by atoms with Gasteiger partial charge in [0.05, 0.1) is 24.5 Å². The molecule has 1 aliphatic rings. The molecule has 9 heteroatoms. The minimum absolute atomic E-state index is 0.201. The van der Waals surface area contributed by atoms with Gasteiger partial charge >= 0.3 is 0 Å². The highest BCUT2D eigenvalue weighted by molar-refractivity contribution is 7.80. The van der Waals surface area contributed by atoms with Crippen molar-refractivity contribution < 1.29 is 13.9 Å². The van der Waals surface area contributed by atoms with Crippen molar-refractivity contribution in [2.24, 2.45) is 0 Å². The summed E-state index contributed by atoms with van der Waals surface area (Å²) in [5, 5.41) is 7.44. The fraction of sp³-hybridized carbons (Fsp3) is 0.179. The fourth-order valence-corrected chi connectivity index (χ4v) is 4.99. The van der Waals surface area contributed by atoms with E-state index in [1.807, 2.05) is 72.5 Å². The third kappa shape index (κ3) is 4.90. The van der Waals surface area contributed by atoms with Gasteiger partial charge in [0.15, 0.2) is 5.11 Å². The maximum absolute atomic E-state index is 11.8. The number of hydrogen-bond donors (Lipinski definition) is 2. The first-order valence-corrected chi connectivity index (χ1v) is 12.5. The third-order valence-electron chi connectivity index (χ3n) is 6.24. The number of nitrogens with one attached hydrogen (secondary N) is 2. The second-order valence-corrected chi connectivity index (χ2v) is 9.52. The van der Waals surface area contributed by atoms with Crippen molar-refractivity contribution in [2.45, 2.75) is 25.9 Å². The number of anilines is 2. The molecule has 188 valence electrons.